The van der Waals surface area contributed by atoms with Crippen LogP contribution in [0, 0.1) is 5.82 Å². The van der Waals surface area contributed by atoms with Crippen molar-refractivity contribution in [2.45, 2.75) is 0 Å². The molecule has 0 saturated carbocycles. The van der Waals surface area contributed by atoms with Crippen LogP contribution in [-0.2, 0) is 0 Å². The number of aromatic nitrogens is 2. The molecule has 0 fully saturated rings. The summed E-state index contributed by atoms with van der Waals surface area (Å²) >= 11 is 5.78. The molecule has 3 aromatic rings. The van der Waals surface area contributed by atoms with Crippen molar-refractivity contribution >= 4 is 29.1 Å². The summed E-state index contributed by atoms with van der Waals surface area (Å²) in [5.41, 5.74) is 0.633. The number of hydrogen-bond acceptors (Lipinski definition) is 6. The predicted molar refractivity (Wildman–Crippen MR) is 104 cm³/mol. The Kier molecular flexibility index (Phi) is 6.27. The van der Waals surface area contributed by atoms with Gasteiger partial charge in [0.2, 0.25) is 5.95 Å². The molecule has 3 rings (SSSR count). The third-order valence-corrected chi connectivity index (χ3v) is 3.85. The van der Waals surface area contributed by atoms with Gasteiger partial charge in [-0.25, -0.2) is 9.37 Å². The second-order valence-electron chi connectivity index (χ2n) is 5.47. The van der Waals surface area contributed by atoms with Crippen LogP contribution >= 0.6 is 11.6 Å². The zero-order chi connectivity index (χ0) is 19.1. The first-order valence-electron chi connectivity index (χ1n) is 8.20. The van der Waals surface area contributed by atoms with Gasteiger partial charge in [0, 0.05) is 11.9 Å². The normalized spacial score (nSPS) is 10.3. The Balaban J connectivity index is 1.50. The molecular formula is C19H18ClFN4O2. The zero-order valence-corrected chi connectivity index (χ0v) is 15.3. The summed E-state index contributed by atoms with van der Waals surface area (Å²) < 4.78 is 24.0. The lowest BCUT2D eigenvalue weighted by Crippen LogP contribution is -2.13. The third-order valence-electron chi connectivity index (χ3n) is 3.56. The van der Waals surface area contributed by atoms with Gasteiger partial charge < -0.3 is 20.1 Å². The maximum absolute atomic E-state index is 13.2. The van der Waals surface area contributed by atoms with Gasteiger partial charge in [0.15, 0.2) is 0 Å². The summed E-state index contributed by atoms with van der Waals surface area (Å²) in [5, 5.41) is 6.18. The molecule has 6 nitrogen and oxygen atoms in total. The Morgan fingerprint density at radius 1 is 1.07 bits per heavy atom. The van der Waals surface area contributed by atoms with Crippen LogP contribution in [0.15, 0.2) is 54.7 Å². The monoisotopic (exact) mass is 388 g/mol. The Hall–Kier alpha value is -3.06. The minimum Gasteiger partial charge on any atom is -0.497 e. The predicted octanol–water partition coefficient (Wildman–Crippen LogP) is 4.51. The molecule has 0 amide bonds. The smallest absolute Gasteiger partial charge is 0.224 e. The van der Waals surface area contributed by atoms with Gasteiger partial charge in [-0.1, -0.05) is 11.6 Å². The molecule has 0 bridgehead atoms. The number of nitrogens with zero attached hydrogens (tertiary/aromatic N) is 2. The van der Waals surface area contributed by atoms with E-state index in [0.29, 0.717) is 30.6 Å². The Morgan fingerprint density at radius 2 is 1.85 bits per heavy atom. The van der Waals surface area contributed by atoms with E-state index in [-0.39, 0.29) is 5.02 Å². The first-order valence-corrected chi connectivity index (χ1v) is 8.58. The van der Waals surface area contributed by atoms with Gasteiger partial charge in [0.1, 0.15) is 29.7 Å². The highest BCUT2D eigenvalue weighted by molar-refractivity contribution is 6.31. The summed E-state index contributed by atoms with van der Waals surface area (Å²) in [6, 6.07) is 13.4. The minimum atomic E-state index is -0.468. The molecule has 0 radical (unpaired) electrons. The molecule has 0 aliphatic rings. The average Bonchev–Trinajstić information content (AvgIpc) is 2.69. The van der Waals surface area contributed by atoms with Crippen molar-refractivity contribution in [3.63, 3.8) is 0 Å². The molecule has 0 spiro atoms. The van der Waals surface area contributed by atoms with Crippen molar-refractivity contribution in [2.75, 3.05) is 30.9 Å². The number of halogens is 2. The molecule has 2 aromatic carbocycles. The summed E-state index contributed by atoms with van der Waals surface area (Å²) in [6.45, 7) is 0.971. The molecule has 2 N–H and O–H groups in total. The van der Waals surface area contributed by atoms with E-state index in [2.05, 4.69) is 20.6 Å². The highest BCUT2D eigenvalue weighted by Gasteiger charge is 2.03. The second kappa shape index (κ2) is 9.05. The SMILES string of the molecule is COc1ccc(OCCNc2nccc(Nc3ccc(F)c(Cl)c3)n2)cc1. The maximum atomic E-state index is 13.2. The van der Waals surface area contributed by atoms with E-state index in [4.69, 9.17) is 21.1 Å². The fraction of sp³-hybridized carbons (Fsp3) is 0.158. The van der Waals surface area contributed by atoms with Crippen molar-refractivity contribution in [2.24, 2.45) is 0 Å². The van der Waals surface area contributed by atoms with Gasteiger partial charge in [-0.2, -0.15) is 4.98 Å². The molecule has 0 aliphatic heterocycles. The summed E-state index contributed by atoms with van der Waals surface area (Å²) in [5.74, 6) is 2.07. The molecule has 1 aromatic heterocycles. The van der Waals surface area contributed by atoms with E-state index >= 15 is 0 Å². The van der Waals surface area contributed by atoms with Gasteiger partial charge in [0.25, 0.3) is 0 Å². The van der Waals surface area contributed by atoms with Crippen LogP contribution in [0.5, 0.6) is 11.5 Å². The number of nitrogens with one attached hydrogen (secondary N) is 2. The van der Waals surface area contributed by atoms with Crippen molar-refractivity contribution in [3.05, 3.63) is 65.6 Å². The minimum absolute atomic E-state index is 0.0445. The summed E-state index contributed by atoms with van der Waals surface area (Å²) in [4.78, 5) is 8.50. The maximum Gasteiger partial charge on any atom is 0.224 e. The number of anilines is 3. The Bertz CT molecular complexity index is 893. The molecule has 8 heteroatoms. The average molecular weight is 389 g/mol. The number of benzene rings is 2. The molecule has 27 heavy (non-hydrogen) atoms. The van der Waals surface area contributed by atoms with E-state index in [1.54, 1.807) is 25.4 Å². The van der Waals surface area contributed by atoms with Crippen molar-refractivity contribution in [1.82, 2.24) is 9.97 Å². The van der Waals surface area contributed by atoms with Crippen LogP contribution in [0.4, 0.5) is 21.8 Å². The lowest BCUT2D eigenvalue weighted by Gasteiger charge is -2.10. The first kappa shape index (κ1) is 18.7. The summed E-state index contributed by atoms with van der Waals surface area (Å²) in [7, 11) is 1.62. The van der Waals surface area contributed by atoms with Gasteiger partial charge in [-0.3, -0.25) is 0 Å². The lowest BCUT2D eigenvalue weighted by molar-refractivity contribution is 0.331. The van der Waals surface area contributed by atoms with Gasteiger partial charge in [-0.05, 0) is 48.5 Å². The number of rotatable bonds is 8. The highest BCUT2D eigenvalue weighted by atomic mass is 35.5. The number of hydrogen-bond donors (Lipinski definition) is 2. The number of methoxy groups -OCH3 is 1. The van der Waals surface area contributed by atoms with Crippen LogP contribution in [-0.4, -0.2) is 30.2 Å². The lowest BCUT2D eigenvalue weighted by atomic mass is 10.3. The topological polar surface area (TPSA) is 68.3 Å². The zero-order valence-electron chi connectivity index (χ0n) is 14.6. The molecule has 140 valence electrons. The van der Waals surface area contributed by atoms with Gasteiger partial charge in [-0.15, -0.1) is 0 Å². The highest BCUT2D eigenvalue weighted by Crippen LogP contribution is 2.22. The van der Waals surface area contributed by atoms with Gasteiger partial charge >= 0.3 is 0 Å². The van der Waals surface area contributed by atoms with E-state index in [9.17, 15) is 4.39 Å². The second-order valence-corrected chi connectivity index (χ2v) is 5.88. The van der Waals surface area contributed by atoms with Crippen LogP contribution in [0.25, 0.3) is 0 Å². The van der Waals surface area contributed by atoms with Crippen LogP contribution in [0.1, 0.15) is 0 Å². The van der Waals surface area contributed by atoms with Gasteiger partial charge in [0.05, 0.1) is 18.7 Å². The van der Waals surface area contributed by atoms with Crippen LogP contribution in [0.3, 0.4) is 0 Å². The molecule has 0 atom stereocenters. The van der Waals surface area contributed by atoms with E-state index < -0.39 is 5.82 Å². The molecule has 0 saturated heterocycles. The molecule has 0 unspecified atom stereocenters. The fourth-order valence-electron chi connectivity index (χ4n) is 2.24. The van der Waals surface area contributed by atoms with E-state index in [0.717, 1.165) is 11.5 Å². The molecular weight excluding hydrogens is 371 g/mol. The quantitative estimate of drug-likeness (QED) is 0.553. The molecule has 1 heterocycles. The first-order chi connectivity index (χ1) is 13.1. The largest absolute Gasteiger partial charge is 0.497 e. The fourth-order valence-corrected chi connectivity index (χ4v) is 2.42. The van der Waals surface area contributed by atoms with E-state index in [1.807, 2.05) is 24.3 Å². The molecule has 0 aliphatic carbocycles. The van der Waals surface area contributed by atoms with Crippen molar-refractivity contribution < 1.29 is 13.9 Å². The van der Waals surface area contributed by atoms with Crippen LogP contribution in [0.2, 0.25) is 5.02 Å². The van der Waals surface area contributed by atoms with Crippen molar-refractivity contribution in [3.8, 4) is 11.5 Å². The van der Waals surface area contributed by atoms with Crippen molar-refractivity contribution in [1.29, 1.82) is 0 Å². The van der Waals surface area contributed by atoms with Crippen LogP contribution < -0.4 is 20.1 Å². The Morgan fingerprint density at radius 3 is 2.59 bits per heavy atom. The Labute approximate surface area is 161 Å². The number of ether oxygens (including phenoxy) is 2. The van der Waals surface area contributed by atoms with E-state index in [1.165, 1.54) is 12.1 Å². The summed E-state index contributed by atoms with van der Waals surface area (Å²) in [6.07, 6.45) is 1.62. The standard InChI is InChI=1S/C19H18ClFN4O2/c1-26-14-3-5-15(6-4-14)27-11-10-23-19-22-9-8-18(25-19)24-13-2-7-17(21)16(20)12-13/h2-9,12H,10-11H2,1H3,(H2,22,23,24,25). The third kappa shape index (κ3) is 5.46.